The molecule has 0 spiro atoms. The van der Waals surface area contributed by atoms with E-state index in [0.29, 0.717) is 17.4 Å². The highest BCUT2D eigenvalue weighted by atomic mass is 35.5. The highest BCUT2D eigenvalue weighted by molar-refractivity contribution is 7.18. The SMILES string of the molecule is O=C(/C=C/c1c(Cl)nc2ccccn12)NCCCc1nc2ccccc2s1. The second-order valence-corrected chi connectivity index (χ2v) is 7.49. The van der Waals surface area contributed by atoms with Crippen LogP contribution in [0.4, 0.5) is 0 Å². The molecule has 7 heteroatoms. The first-order chi connectivity index (χ1) is 13.2. The Labute approximate surface area is 165 Å². The van der Waals surface area contributed by atoms with Crippen LogP contribution in [0.15, 0.2) is 54.7 Å². The number of hydrogen-bond acceptors (Lipinski definition) is 4. The van der Waals surface area contributed by atoms with Crippen LogP contribution in [0.5, 0.6) is 0 Å². The minimum absolute atomic E-state index is 0.152. The van der Waals surface area contributed by atoms with Crippen molar-refractivity contribution < 1.29 is 4.79 Å². The highest BCUT2D eigenvalue weighted by Gasteiger charge is 2.07. The van der Waals surface area contributed by atoms with Crippen LogP contribution in [0.2, 0.25) is 5.15 Å². The standard InChI is InChI=1S/C20H17ClN4OS/c21-20-15(25-13-4-3-8-17(25)24-20)10-11-18(26)22-12-5-9-19-23-14-6-1-2-7-16(14)27-19/h1-4,6-8,10-11,13H,5,9,12H2,(H,22,26)/b11-10+. The number of halogens is 1. The topological polar surface area (TPSA) is 59.3 Å². The fourth-order valence-electron chi connectivity index (χ4n) is 2.83. The molecular formula is C20H17ClN4OS. The largest absolute Gasteiger partial charge is 0.353 e. The van der Waals surface area contributed by atoms with Crippen LogP contribution < -0.4 is 5.32 Å². The van der Waals surface area contributed by atoms with E-state index in [1.54, 1.807) is 17.4 Å². The molecule has 1 amide bonds. The molecule has 0 aliphatic heterocycles. The van der Waals surface area contributed by atoms with Crippen LogP contribution in [-0.4, -0.2) is 26.8 Å². The van der Waals surface area contributed by atoms with Gasteiger partial charge in [0.1, 0.15) is 5.65 Å². The Morgan fingerprint density at radius 3 is 2.93 bits per heavy atom. The fraction of sp³-hybridized carbons (Fsp3) is 0.150. The summed E-state index contributed by atoms with van der Waals surface area (Å²) in [7, 11) is 0. The number of amides is 1. The zero-order valence-electron chi connectivity index (χ0n) is 14.4. The number of carbonyl (C=O) groups is 1. The van der Waals surface area contributed by atoms with Gasteiger partial charge in [-0.1, -0.05) is 29.8 Å². The van der Waals surface area contributed by atoms with E-state index in [2.05, 4.69) is 21.4 Å². The zero-order valence-corrected chi connectivity index (χ0v) is 16.0. The summed E-state index contributed by atoms with van der Waals surface area (Å²) in [4.78, 5) is 20.9. The van der Waals surface area contributed by atoms with E-state index in [-0.39, 0.29) is 5.91 Å². The van der Waals surface area contributed by atoms with Gasteiger partial charge in [0.05, 0.1) is 20.9 Å². The number of para-hydroxylation sites is 1. The van der Waals surface area contributed by atoms with E-state index in [1.165, 1.54) is 10.8 Å². The third-order valence-corrected chi connectivity index (χ3v) is 5.49. The lowest BCUT2D eigenvalue weighted by Crippen LogP contribution is -2.22. The van der Waals surface area contributed by atoms with Gasteiger partial charge in [0.25, 0.3) is 0 Å². The van der Waals surface area contributed by atoms with Gasteiger partial charge in [0, 0.05) is 25.2 Å². The minimum atomic E-state index is -0.152. The number of benzene rings is 1. The predicted molar refractivity (Wildman–Crippen MR) is 110 cm³/mol. The Balaban J connectivity index is 1.30. The lowest BCUT2D eigenvalue weighted by atomic mass is 10.3. The lowest BCUT2D eigenvalue weighted by Gasteiger charge is -2.01. The van der Waals surface area contributed by atoms with Gasteiger partial charge in [-0.2, -0.15) is 0 Å². The summed E-state index contributed by atoms with van der Waals surface area (Å²) in [5.41, 5.74) is 2.48. The Morgan fingerprint density at radius 2 is 2.04 bits per heavy atom. The van der Waals surface area contributed by atoms with E-state index < -0.39 is 0 Å². The van der Waals surface area contributed by atoms with Crippen molar-refractivity contribution in [3.05, 3.63) is 70.6 Å². The maximum absolute atomic E-state index is 12.1. The molecule has 5 nitrogen and oxygen atoms in total. The first-order valence-corrected chi connectivity index (χ1v) is 9.83. The van der Waals surface area contributed by atoms with Gasteiger partial charge in [-0.25, -0.2) is 9.97 Å². The summed E-state index contributed by atoms with van der Waals surface area (Å²) < 4.78 is 3.04. The molecule has 27 heavy (non-hydrogen) atoms. The quantitative estimate of drug-likeness (QED) is 0.389. The molecule has 0 aliphatic carbocycles. The number of fused-ring (bicyclic) bond motifs is 2. The molecule has 1 N–H and O–H groups in total. The molecule has 0 atom stereocenters. The van der Waals surface area contributed by atoms with Crippen LogP contribution in [-0.2, 0) is 11.2 Å². The molecule has 0 saturated heterocycles. The molecule has 0 bridgehead atoms. The average molecular weight is 397 g/mol. The second kappa shape index (κ2) is 7.90. The average Bonchev–Trinajstić information content (AvgIpc) is 3.23. The minimum Gasteiger partial charge on any atom is -0.353 e. The smallest absolute Gasteiger partial charge is 0.244 e. The predicted octanol–water partition coefficient (Wildman–Crippen LogP) is 4.36. The summed E-state index contributed by atoms with van der Waals surface area (Å²) >= 11 is 7.86. The number of carbonyl (C=O) groups excluding carboxylic acids is 1. The Hall–Kier alpha value is -2.70. The highest BCUT2D eigenvalue weighted by Crippen LogP contribution is 2.22. The zero-order chi connectivity index (χ0) is 18.6. The summed E-state index contributed by atoms with van der Waals surface area (Å²) in [6.07, 6.45) is 6.73. The van der Waals surface area contributed by atoms with Crippen LogP contribution in [0.3, 0.4) is 0 Å². The molecule has 136 valence electrons. The van der Waals surface area contributed by atoms with E-state index in [0.717, 1.165) is 29.0 Å². The van der Waals surface area contributed by atoms with Crippen molar-refractivity contribution in [3.8, 4) is 0 Å². The van der Waals surface area contributed by atoms with E-state index in [4.69, 9.17) is 11.6 Å². The summed E-state index contributed by atoms with van der Waals surface area (Å²) in [6.45, 7) is 0.597. The monoisotopic (exact) mass is 396 g/mol. The molecule has 0 aliphatic rings. The van der Waals surface area contributed by atoms with Crippen molar-refractivity contribution in [2.24, 2.45) is 0 Å². The van der Waals surface area contributed by atoms with Crippen molar-refractivity contribution in [3.63, 3.8) is 0 Å². The Kier molecular flexibility index (Phi) is 5.18. The van der Waals surface area contributed by atoms with Crippen LogP contribution in [0.25, 0.3) is 21.9 Å². The van der Waals surface area contributed by atoms with Crippen LogP contribution >= 0.6 is 22.9 Å². The van der Waals surface area contributed by atoms with E-state index >= 15 is 0 Å². The van der Waals surface area contributed by atoms with Crippen molar-refractivity contribution in [2.75, 3.05) is 6.54 Å². The van der Waals surface area contributed by atoms with Gasteiger partial charge in [-0.3, -0.25) is 9.20 Å². The van der Waals surface area contributed by atoms with Crippen molar-refractivity contribution in [1.82, 2.24) is 19.7 Å². The fourth-order valence-corrected chi connectivity index (χ4v) is 4.08. The van der Waals surface area contributed by atoms with Crippen molar-refractivity contribution in [2.45, 2.75) is 12.8 Å². The van der Waals surface area contributed by atoms with Crippen LogP contribution in [0.1, 0.15) is 17.1 Å². The summed E-state index contributed by atoms with van der Waals surface area (Å²) in [5.74, 6) is -0.152. The molecule has 3 heterocycles. The van der Waals surface area contributed by atoms with Crippen LogP contribution in [0, 0.1) is 0 Å². The van der Waals surface area contributed by atoms with Gasteiger partial charge >= 0.3 is 0 Å². The molecule has 0 unspecified atom stereocenters. The molecule has 0 saturated carbocycles. The summed E-state index contributed by atoms with van der Waals surface area (Å²) in [5, 5.41) is 4.37. The molecule has 3 aromatic heterocycles. The van der Waals surface area contributed by atoms with E-state index in [9.17, 15) is 4.79 Å². The molecule has 4 rings (SSSR count). The van der Waals surface area contributed by atoms with Gasteiger partial charge in [-0.15, -0.1) is 11.3 Å². The normalized spacial score (nSPS) is 11.6. The second-order valence-electron chi connectivity index (χ2n) is 6.02. The lowest BCUT2D eigenvalue weighted by molar-refractivity contribution is -0.116. The number of pyridine rings is 1. The Bertz CT molecular complexity index is 1100. The number of aromatic nitrogens is 3. The van der Waals surface area contributed by atoms with Gasteiger partial charge in [0.15, 0.2) is 5.15 Å². The molecule has 4 aromatic rings. The van der Waals surface area contributed by atoms with Gasteiger partial charge < -0.3 is 5.32 Å². The maximum Gasteiger partial charge on any atom is 0.244 e. The number of nitrogens with zero attached hydrogens (tertiary/aromatic N) is 3. The molecule has 1 aromatic carbocycles. The first-order valence-electron chi connectivity index (χ1n) is 8.64. The molecule has 0 fully saturated rings. The Morgan fingerprint density at radius 1 is 1.19 bits per heavy atom. The number of nitrogens with one attached hydrogen (secondary N) is 1. The number of thiazole rings is 1. The van der Waals surface area contributed by atoms with Crippen molar-refractivity contribution in [1.29, 1.82) is 0 Å². The molecule has 0 radical (unpaired) electrons. The third kappa shape index (κ3) is 4.02. The molecular weight excluding hydrogens is 380 g/mol. The van der Waals surface area contributed by atoms with Crippen molar-refractivity contribution >= 4 is 50.8 Å². The third-order valence-electron chi connectivity index (χ3n) is 4.12. The van der Waals surface area contributed by atoms with E-state index in [1.807, 2.05) is 47.0 Å². The number of hydrogen-bond donors (Lipinski definition) is 1. The van der Waals surface area contributed by atoms with Gasteiger partial charge in [-0.05, 0) is 36.8 Å². The number of imidazole rings is 1. The number of aryl methyl sites for hydroxylation is 1. The first kappa shape index (κ1) is 17.7. The van der Waals surface area contributed by atoms with Gasteiger partial charge in [0.2, 0.25) is 5.91 Å². The summed E-state index contributed by atoms with van der Waals surface area (Å²) in [6, 6.07) is 13.8. The number of rotatable bonds is 6. The maximum atomic E-state index is 12.1.